The van der Waals surface area contributed by atoms with Crippen molar-refractivity contribution in [2.75, 3.05) is 5.73 Å². The molecule has 1 aliphatic rings. The van der Waals surface area contributed by atoms with Crippen LogP contribution in [-0.4, -0.2) is 11.9 Å². The van der Waals surface area contributed by atoms with Crippen molar-refractivity contribution in [1.29, 1.82) is 0 Å². The third-order valence-electron chi connectivity index (χ3n) is 3.51. The molecule has 1 aromatic rings. The van der Waals surface area contributed by atoms with Crippen molar-refractivity contribution in [2.45, 2.75) is 38.6 Å². The molecule has 106 valence electrons. The predicted molar refractivity (Wildman–Crippen MR) is 82.0 cm³/mol. The third kappa shape index (κ3) is 4.29. The Morgan fingerprint density at radius 2 is 2.16 bits per heavy atom. The van der Waals surface area contributed by atoms with Gasteiger partial charge in [0.2, 0.25) is 0 Å². The molecule has 0 saturated heterocycles. The Labute approximate surface area is 125 Å². The molecule has 3 N–H and O–H groups in total. The average Bonchev–Trinajstić information content (AvgIpc) is 2.28. The van der Waals surface area contributed by atoms with E-state index < -0.39 is 0 Å². The first-order chi connectivity index (χ1) is 8.56. The van der Waals surface area contributed by atoms with E-state index in [9.17, 15) is 4.79 Å². The molecule has 0 aromatic heterocycles. The Morgan fingerprint density at radius 3 is 2.79 bits per heavy atom. The highest BCUT2D eigenvalue weighted by Gasteiger charge is 2.21. The molecule has 0 spiro atoms. The fourth-order valence-corrected chi connectivity index (χ4v) is 2.82. The second-order valence-electron chi connectivity index (χ2n) is 5.18. The van der Waals surface area contributed by atoms with Gasteiger partial charge in [-0.1, -0.05) is 31.4 Å². The van der Waals surface area contributed by atoms with E-state index in [2.05, 4.69) is 12.2 Å². The molecule has 0 bridgehead atoms. The number of nitrogens with two attached hydrogens (primary N) is 1. The summed E-state index contributed by atoms with van der Waals surface area (Å²) in [5.74, 6) is 0.588. The maximum atomic E-state index is 12.1. The Balaban J connectivity index is 0.00000180. The van der Waals surface area contributed by atoms with E-state index in [1.165, 1.54) is 12.8 Å². The van der Waals surface area contributed by atoms with Crippen molar-refractivity contribution in [2.24, 2.45) is 5.92 Å². The van der Waals surface area contributed by atoms with Gasteiger partial charge in [-0.25, -0.2) is 0 Å². The lowest BCUT2D eigenvalue weighted by Crippen LogP contribution is -2.38. The fraction of sp³-hybridized carbons (Fsp3) is 0.500. The maximum absolute atomic E-state index is 12.1. The number of carbonyl (C=O) groups excluding carboxylic acids is 1. The van der Waals surface area contributed by atoms with Gasteiger partial charge in [0.15, 0.2) is 0 Å². The second kappa shape index (κ2) is 7.01. The van der Waals surface area contributed by atoms with Crippen LogP contribution in [0.25, 0.3) is 0 Å². The number of benzene rings is 1. The van der Waals surface area contributed by atoms with E-state index >= 15 is 0 Å². The lowest BCUT2D eigenvalue weighted by atomic mass is 9.87. The summed E-state index contributed by atoms with van der Waals surface area (Å²) in [6, 6.07) is 5.26. The Bertz CT molecular complexity index is 451. The van der Waals surface area contributed by atoms with Crippen molar-refractivity contribution in [3.63, 3.8) is 0 Å². The fourth-order valence-electron chi connectivity index (χ4n) is 2.54. The number of carbonyl (C=O) groups is 1. The lowest BCUT2D eigenvalue weighted by molar-refractivity contribution is 0.0921. The van der Waals surface area contributed by atoms with E-state index in [4.69, 9.17) is 17.3 Å². The number of hydrogen-bond acceptors (Lipinski definition) is 2. The Morgan fingerprint density at radius 1 is 1.42 bits per heavy atom. The van der Waals surface area contributed by atoms with Crippen LogP contribution >= 0.6 is 24.0 Å². The number of rotatable bonds is 2. The molecule has 19 heavy (non-hydrogen) atoms. The standard InChI is InChI=1S/C14H19ClN2O.ClH/c1-9-3-2-4-11(7-9)17-14(18)12-6-5-10(16)8-13(12)15;/h5-6,8-9,11H,2-4,7,16H2,1H3,(H,17,18);1H. The van der Waals surface area contributed by atoms with Crippen molar-refractivity contribution in [3.8, 4) is 0 Å². The smallest absolute Gasteiger partial charge is 0.253 e. The zero-order valence-electron chi connectivity index (χ0n) is 11.0. The van der Waals surface area contributed by atoms with Gasteiger partial charge >= 0.3 is 0 Å². The molecule has 0 radical (unpaired) electrons. The van der Waals surface area contributed by atoms with Crippen molar-refractivity contribution in [1.82, 2.24) is 5.32 Å². The van der Waals surface area contributed by atoms with Crippen molar-refractivity contribution >= 4 is 35.6 Å². The minimum absolute atomic E-state index is 0. The number of halogens is 2. The normalized spacial score (nSPS) is 22.4. The number of anilines is 1. The molecule has 3 nitrogen and oxygen atoms in total. The van der Waals surface area contributed by atoms with Crippen molar-refractivity contribution < 1.29 is 4.79 Å². The largest absolute Gasteiger partial charge is 0.399 e. The van der Waals surface area contributed by atoms with Crippen LogP contribution in [0.4, 0.5) is 5.69 Å². The van der Waals surface area contributed by atoms with Crippen LogP contribution in [0.15, 0.2) is 18.2 Å². The van der Waals surface area contributed by atoms with Crippen LogP contribution in [0.2, 0.25) is 5.02 Å². The van der Waals surface area contributed by atoms with Crippen LogP contribution in [0.1, 0.15) is 43.0 Å². The quantitative estimate of drug-likeness (QED) is 0.819. The first-order valence-corrected chi connectivity index (χ1v) is 6.80. The van der Waals surface area contributed by atoms with Gasteiger partial charge in [0.1, 0.15) is 0 Å². The van der Waals surface area contributed by atoms with Gasteiger partial charge in [-0.2, -0.15) is 0 Å². The molecule has 1 fully saturated rings. The van der Waals surface area contributed by atoms with E-state index in [1.807, 2.05) is 0 Å². The van der Waals surface area contributed by atoms with Gasteiger partial charge in [0.05, 0.1) is 10.6 Å². The third-order valence-corrected chi connectivity index (χ3v) is 3.82. The summed E-state index contributed by atoms with van der Waals surface area (Å²) < 4.78 is 0. The Hall–Kier alpha value is -0.930. The molecule has 1 aromatic carbocycles. The summed E-state index contributed by atoms with van der Waals surface area (Å²) in [5, 5.41) is 3.47. The van der Waals surface area contributed by atoms with E-state index in [0.29, 0.717) is 22.2 Å². The van der Waals surface area contributed by atoms with Crippen LogP contribution in [0, 0.1) is 5.92 Å². The lowest BCUT2D eigenvalue weighted by Gasteiger charge is -2.27. The zero-order valence-corrected chi connectivity index (χ0v) is 12.6. The van der Waals surface area contributed by atoms with E-state index in [0.717, 1.165) is 12.8 Å². The first-order valence-electron chi connectivity index (χ1n) is 6.42. The minimum atomic E-state index is -0.0981. The number of hydrogen-bond donors (Lipinski definition) is 2. The van der Waals surface area contributed by atoms with Gasteiger partial charge in [0, 0.05) is 11.7 Å². The van der Waals surface area contributed by atoms with Gasteiger partial charge in [0.25, 0.3) is 5.91 Å². The molecule has 2 unspecified atom stereocenters. The summed E-state index contributed by atoms with van der Waals surface area (Å²) in [4.78, 5) is 12.1. The molecule has 1 saturated carbocycles. The van der Waals surface area contributed by atoms with Crippen LogP contribution in [0.5, 0.6) is 0 Å². The average molecular weight is 303 g/mol. The second-order valence-corrected chi connectivity index (χ2v) is 5.59. The summed E-state index contributed by atoms with van der Waals surface area (Å²) in [6.45, 7) is 2.23. The van der Waals surface area contributed by atoms with Crippen LogP contribution < -0.4 is 11.1 Å². The van der Waals surface area contributed by atoms with Gasteiger partial charge in [-0.15, -0.1) is 12.4 Å². The van der Waals surface area contributed by atoms with Gasteiger partial charge in [-0.3, -0.25) is 4.79 Å². The summed E-state index contributed by atoms with van der Waals surface area (Å²) in [5.41, 5.74) is 6.69. The van der Waals surface area contributed by atoms with Gasteiger partial charge in [-0.05, 0) is 37.0 Å². The molecule has 2 atom stereocenters. The van der Waals surface area contributed by atoms with Crippen molar-refractivity contribution in [3.05, 3.63) is 28.8 Å². The topological polar surface area (TPSA) is 55.1 Å². The van der Waals surface area contributed by atoms with Gasteiger partial charge < -0.3 is 11.1 Å². The molecule has 0 heterocycles. The SMILES string of the molecule is CC1CCCC(NC(=O)c2ccc(N)cc2Cl)C1.Cl. The number of nitrogen functional groups attached to an aromatic ring is 1. The van der Waals surface area contributed by atoms with E-state index in [1.54, 1.807) is 18.2 Å². The predicted octanol–water partition coefficient (Wildman–Crippen LogP) is 3.65. The van der Waals surface area contributed by atoms with Crippen LogP contribution in [0.3, 0.4) is 0 Å². The summed E-state index contributed by atoms with van der Waals surface area (Å²) >= 11 is 6.03. The highest BCUT2D eigenvalue weighted by molar-refractivity contribution is 6.34. The first kappa shape index (κ1) is 16.1. The van der Waals surface area contributed by atoms with E-state index in [-0.39, 0.29) is 24.4 Å². The highest BCUT2D eigenvalue weighted by atomic mass is 35.5. The Kier molecular flexibility index (Phi) is 5.95. The molecule has 5 heteroatoms. The number of amides is 1. The zero-order chi connectivity index (χ0) is 13.1. The molecule has 1 amide bonds. The summed E-state index contributed by atoms with van der Waals surface area (Å²) in [7, 11) is 0. The summed E-state index contributed by atoms with van der Waals surface area (Å²) in [6.07, 6.45) is 4.55. The molecule has 0 aliphatic heterocycles. The molecular formula is C14H20Cl2N2O. The minimum Gasteiger partial charge on any atom is -0.399 e. The van der Waals surface area contributed by atoms with Crippen LogP contribution in [-0.2, 0) is 0 Å². The monoisotopic (exact) mass is 302 g/mol. The highest BCUT2D eigenvalue weighted by Crippen LogP contribution is 2.25. The number of nitrogens with one attached hydrogen (secondary N) is 1. The molecule has 2 rings (SSSR count). The maximum Gasteiger partial charge on any atom is 0.253 e. The molecule has 1 aliphatic carbocycles. The molecular weight excluding hydrogens is 283 g/mol.